The van der Waals surface area contributed by atoms with Gasteiger partial charge < -0.3 is 164 Å². The zero-order chi connectivity index (χ0) is 59.0. The molecule has 35 nitrogen and oxygen atoms in total. The molecule has 464 valence electrons. The van der Waals surface area contributed by atoms with Crippen LogP contribution in [0.25, 0.3) is 0 Å². The molecule has 1 amide bonds. The van der Waals surface area contributed by atoms with Gasteiger partial charge >= 0.3 is 5.97 Å². The third kappa shape index (κ3) is 15.3. The Labute approximate surface area is 453 Å². The van der Waals surface area contributed by atoms with Crippen LogP contribution in [-0.2, 0) is 71.2 Å². The molecule has 20 N–H and O–H groups in total. The van der Waals surface area contributed by atoms with Crippen molar-refractivity contribution in [2.45, 2.75) is 217 Å². The smallest absolute Gasteiger partial charge is 0.335 e. The van der Waals surface area contributed by atoms with Crippen molar-refractivity contribution >= 4 is 17.7 Å². The molecule has 6 heterocycles. The van der Waals surface area contributed by atoms with Gasteiger partial charge in [-0.15, -0.1) is 0 Å². The van der Waals surface area contributed by atoms with Crippen LogP contribution in [0.4, 0.5) is 0 Å². The minimum absolute atomic E-state index is 0.00354. The number of aliphatic hydroxyl groups excluding tert-OH is 18. The Morgan fingerprint density at radius 2 is 0.700 bits per heavy atom. The maximum atomic E-state index is 12.6. The van der Waals surface area contributed by atoms with Gasteiger partial charge in [-0.3, -0.25) is 4.79 Å². The monoisotopic (exact) mass is 1170 g/mol. The number of ether oxygens (including phenoxy) is 12. The number of amides is 1. The van der Waals surface area contributed by atoms with Crippen LogP contribution in [0.15, 0.2) is 0 Å². The molecule has 0 aromatic heterocycles. The van der Waals surface area contributed by atoms with Gasteiger partial charge in [0, 0.05) is 19.4 Å². The Kier molecular flexibility index (Phi) is 24.9. The molecule has 12 unspecified atom stereocenters. The lowest BCUT2D eigenvalue weighted by molar-refractivity contribution is -0.393. The number of Topliss-reactive ketones (excluding diaryl/α,β-unsaturated/α-hetero) is 1. The summed E-state index contributed by atoms with van der Waals surface area (Å²) in [6.07, 6.45) is -58.1. The first-order valence-electron chi connectivity index (χ1n) is 25.6. The fourth-order valence-electron chi connectivity index (χ4n) is 9.73. The summed E-state index contributed by atoms with van der Waals surface area (Å²) in [6, 6.07) is 0. The van der Waals surface area contributed by atoms with E-state index in [0.717, 1.165) is 0 Å². The molecule has 6 saturated heterocycles. The highest BCUT2D eigenvalue weighted by Gasteiger charge is 2.58. The number of ketones is 1. The molecule has 0 aromatic carbocycles. The van der Waals surface area contributed by atoms with Crippen LogP contribution in [-0.4, -0.2) is 345 Å². The number of carbonyl (C=O) groups is 3. The second kappa shape index (κ2) is 30.0. The molecule has 0 bridgehead atoms. The Morgan fingerprint density at radius 1 is 0.388 bits per heavy atom. The van der Waals surface area contributed by atoms with Crippen molar-refractivity contribution in [3.63, 3.8) is 0 Å². The number of hydrogen-bond donors (Lipinski definition) is 20. The summed E-state index contributed by atoms with van der Waals surface area (Å²) in [6.45, 7) is -3.74. The van der Waals surface area contributed by atoms with E-state index in [2.05, 4.69) is 5.32 Å². The van der Waals surface area contributed by atoms with E-state index in [9.17, 15) is 111 Å². The number of unbranched alkanes of at least 4 members (excludes halogenated alkanes) is 1. The summed E-state index contributed by atoms with van der Waals surface area (Å²) in [5, 5.41) is 205. The standard InChI is InChI=1S/C45H75NO34/c1-13(52)4-2-3-5-19(53)46-6-7-69-40-28(62)22(56)33(15(9-48)71-40)76-42-29(63)23(57)35(16(10-49)72-42)77-43-30(64)24(58)36(18(12-51)73-43)78-45-32(66)26(60)37(38(80-45)39(67)68)79-44-31(65)25(59)34(17(11-50)74-44)75-41-27(61)21(55)20(54)14(8-47)70-41/h14-18,20-38,40-45,47-51,54-66H,2-12H2,1H3,(H,46,53)(H,67,68)/t14?,15?,16?,17?,18?,20-,21+,22-,23-,24-,25-,26-,27?,28?,29?,30?,31?,32?,33+,34+,35-,36-,37+,38?,40+,41-,42-,43+,44-,45-/m1/s1. The molecule has 6 fully saturated rings. The number of carboxylic acid groups (broad SMARTS) is 1. The average Bonchev–Trinajstić information content (AvgIpc) is 3.47. The predicted molar refractivity (Wildman–Crippen MR) is 246 cm³/mol. The lowest BCUT2D eigenvalue weighted by Gasteiger charge is -2.49. The van der Waals surface area contributed by atoms with Crippen LogP contribution in [0.1, 0.15) is 32.6 Å². The van der Waals surface area contributed by atoms with E-state index in [1.807, 2.05) is 0 Å². The van der Waals surface area contributed by atoms with Crippen LogP contribution in [0.3, 0.4) is 0 Å². The van der Waals surface area contributed by atoms with Gasteiger partial charge in [0.05, 0.1) is 39.6 Å². The molecule has 0 spiro atoms. The largest absolute Gasteiger partial charge is 0.479 e. The van der Waals surface area contributed by atoms with Crippen molar-refractivity contribution in [2.24, 2.45) is 0 Å². The van der Waals surface area contributed by atoms with E-state index < -0.39 is 223 Å². The van der Waals surface area contributed by atoms with E-state index >= 15 is 0 Å². The third-order valence-corrected chi connectivity index (χ3v) is 14.3. The molecule has 0 aromatic rings. The first kappa shape index (κ1) is 66.5. The predicted octanol–water partition coefficient (Wildman–Crippen LogP) is -12.7. The molecule has 6 aliphatic rings. The SMILES string of the molecule is CC(=O)CCCCC(=O)NCCO[C@H]1OC(CO)[C@H](O[C@H]2OC(CO)[C@@H](O[C@@H]3OC(CO)[C@@H](O[C@@H]4OC(C(=O)O)[C@@H](O[C@H]5OC(CO)[C@H](O[C@H]6OC(CO)[C@@H](O)[C@H](O)C6O)[C@H](O)C5O)[C@H](O)C4O)[C@H](O)C3O)[C@H](O)C2O)[C@H](O)C1O. The molecular formula is C45H75NO34. The lowest BCUT2D eigenvalue weighted by Crippen LogP contribution is -2.68. The van der Waals surface area contributed by atoms with E-state index in [4.69, 9.17) is 56.8 Å². The number of aliphatic carboxylic acids is 1. The molecule has 0 saturated carbocycles. The highest BCUT2D eigenvalue weighted by atomic mass is 16.8. The lowest BCUT2D eigenvalue weighted by atomic mass is 9.95. The van der Waals surface area contributed by atoms with E-state index in [-0.39, 0.29) is 31.3 Å². The summed E-state index contributed by atoms with van der Waals surface area (Å²) in [4.78, 5) is 35.7. The van der Waals surface area contributed by atoms with Crippen LogP contribution in [0.2, 0.25) is 0 Å². The Hall–Kier alpha value is -2.59. The second-order valence-electron chi connectivity index (χ2n) is 19.9. The summed E-state index contributed by atoms with van der Waals surface area (Å²) < 4.78 is 66.4. The van der Waals surface area contributed by atoms with Crippen molar-refractivity contribution in [3.05, 3.63) is 0 Å². The van der Waals surface area contributed by atoms with Crippen molar-refractivity contribution in [1.82, 2.24) is 5.32 Å². The van der Waals surface area contributed by atoms with Gasteiger partial charge in [0.2, 0.25) is 5.91 Å². The van der Waals surface area contributed by atoms with E-state index in [1.54, 1.807) is 0 Å². The summed E-state index contributed by atoms with van der Waals surface area (Å²) in [5.74, 6) is -2.25. The molecule has 30 atom stereocenters. The van der Waals surface area contributed by atoms with Gasteiger partial charge in [-0.05, 0) is 19.8 Å². The zero-order valence-corrected chi connectivity index (χ0v) is 42.7. The normalized spacial score (nSPS) is 46.4. The zero-order valence-electron chi connectivity index (χ0n) is 42.7. The fraction of sp³-hybridized carbons (Fsp3) is 0.933. The number of hydrogen-bond acceptors (Lipinski definition) is 33. The highest BCUT2D eigenvalue weighted by molar-refractivity contribution is 5.76. The Bertz CT molecular complexity index is 1920. The van der Waals surface area contributed by atoms with Crippen molar-refractivity contribution in [2.75, 3.05) is 46.2 Å². The molecule has 0 radical (unpaired) electrons. The van der Waals surface area contributed by atoms with Crippen LogP contribution in [0.5, 0.6) is 0 Å². The van der Waals surface area contributed by atoms with Crippen molar-refractivity contribution < 1.29 is 168 Å². The number of carboxylic acids is 1. The van der Waals surface area contributed by atoms with E-state index in [0.29, 0.717) is 19.3 Å². The summed E-state index contributed by atoms with van der Waals surface area (Å²) in [5.41, 5.74) is 0. The molecule has 80 heavy (non-hydrogen) atoms. The molecule has 0 aliphatic carbocycles. The second-order valence-corrected chi connectivity index (χ2v) is 19.9. The Balaban J connectivity index is 1.03. The van der Waals surface area contributed by atoms with Crippen LogP contribution >= 0.6 is 0 Å². The van der Waals surface area contributed by atoms with Gasteiger partial charge in [-0.25, -0.2) is 4.79 Å². The van der Waals surface area contributed by atoms with E-state index in [1.165, 1.54) is 6.92 Å². The number of aliphatic hydroxyl groups is 18. The minimum Gasteiger partial charge on any atom is -0.479 e. The number of nitrogens with one attached hydrogen (secondary N) is 1. The minimum atomic E-state index is -2.38. The number of rotatable bonds is 25. The third-order valence-electron chi connectivity index (χ3n) is 14.3. The van der Waals surface area contributed by atoms with Crippen molar-refractivity contribution in [1.29, 1.82) is 0 Å². The Morgan fingerprint density at radius 3 is 1.07 bits per heavy atom. The molecule has 6 aliphatic heterocycles. The van der Waals surface area contributed by atoms with Crippen LogP contribution < -0.4 is 5.32 Å². The first-order valence-corrected chi connectivity index (χ1v) is 25.6. The molecule has 35 heteroatoms. The maximum absolute atomic E-state index is 12.6. The van der Waals surface area contributed by atoms with Gasteiger partial charge in [-0.2, -0.15) is 0 Å². The van der Waals surface area contributed by atoms with Gasteiger partial charge in [-0.1, -0.05) is 0 Å². The quantitative estimate of drug-likeness (QED) is 0.0378. The number of carbonyl (C=O) groups excluding carboxylic acids is 2. The van der Waals surface area contributed by atoms with Crippen LogP contribution in [0, 0.1) is 0 Å². The fourth-order valence-corrected chi connectivity index (χ4v) is 9.73. The summed E-state index contributed by atoms with van der Waals surface area (Å²) in [7, 11) is 0. The molecule has 6 rings (SSSR count). The highest BCUT2D eigenvalue weighted by Crippen LogP contribution is 2.37. The van der Waals surface area contributed by atoms with Gasteiger partial charge in [0.1, 0.15) is 146 Å². The topological polar surface area (TPSA) is 558 Å². The maximum Gasteiger partial charge on any atom is 0.335 e. The first-order chi connectivity index (χ1) is 37.9. The molecular weight excluding hydrogens is 1100 g/mol. The summed E-state index contributed by atoms with van der Waals surface area (Å²) >= 11 is 0. The van der Waals surface area contributed by atoms with Gasteiger partial charge in [0.15, 0.2) is 43.8 Å². The average molecular weight is 1170 g/mol. The van der Waals surface area contributed by atoms with Gasteiger partial charge in [0.25, 0.3) is 0 Å². The van der Waals surface area contributed by atoms with Crippen molar-refractivity contribution in [3.8, 4) is 0 Å².